The molecule has 98 valence electrons. The van der Waals surface area contributed by atoms with E-state index in [1.807, 2.05) is 22.8 Å². The lowest BCUT2D eigenvalue weighted by molar-refractivity contribution is 1.06. The molecule has 4 rings (SSSR count). The zero-order chi connectivity index (χ0) is 13.4. The van der Waals surface area contributed by atoms with Gasteiger partial charge >= 0.3 is 0 Å². The molecule has 1 N–H and O–H groups in total. The highest BCUT2D eigenvalue weighted by atomic mass is 15.3. The lowest BCUT2D eigenvalue weighted by Crippen LogP contribution is -1.96. The summed E-state index contributed by atoms with van der Waals surface area (Å²) >= 11 is 0. The Balaban J connectivity index is 1.82. The van der Waals surface area contributed by atoms with E-state index in [4.69, 9.17) is 0 Å². The molecule has 0 saturated heterocycles. The maximum absolute atomic E-state index is 4.27. The van der Waals surface area contributed by atoms with E-state index < -0.39 is 0 Å². The minimum Gasteiger partial charge on any atom is -0.384 e. The Labute approximate surface area is 117 Å². The fourth-order valence-corrected chi connectivity index (χ4v) is 2.64. The first kappa shape index (κ1) is 11.2. The Morgan fingerprint density at radius 2 is 1.95 bits per heavy atom. The number of anilines is 1. The molecule has 0 fully saturated rings. The van der Waals surface area contributed by atoms with Crippen LogP contribution < -0.4 is 5.32 Å². The van der Waals surface area contributed by atoms with Crippen molar-refractivity contribution >= 4 is 5.69 Å². The average molecular weight is 262 g/mol. The third-order valence-corrected chi connectivity index (χ3v) is 3.66. The van der Waals surface area contributed by atoms with Gasteiger partial charge in [-0.3, -0.25) is 4.57 Å². The Morgan fingerprint density at radius 1 is 1.05 bits per heavy atom. The van der Waals surface area contributed by atoms with Crippen LogP contribution in [0, 0.1) is 0 Å². The second kappa shape index (κ2) is 4.49. The van der Waals surface area contributed by atoms with Crippen LogP contribution in [0.15, 0.2) is 54.9 Å². The largest absolute Gasteiger partial charge is 0.384 e. The summed E-state index contributed by atoms with van der Waals surface area (Å²) < 4.78 is 2.01. The molecule has 2 aromatic carbocycles. The molecule has 0 radical (unpaired) electrons. The van der Waals surface area contributed by atoms with E-state index in [0.717, 1.165) is 30.0 Å². The van der Waals surface area contributed by atoms with E-state index in [-0.39, 0.29) is 0 Å². The van der Waals surface area contributed by atoms with Gasteiger partial charge in [0.15, 0.2) is 5.82 Å². The zero-order valence-electron chi connectivity index (χ0n) is 11.0. The van der Waals surface area contributed by atoms with Gasteiger partial charge in [0.25, 0.3) is 0 Å². The summed E-state index contributed by atoms with van der Waals surface area (Å²) in [6, 6.07) is 16.6. The summed E-state index contributed by atoms with van der Waals surface area (Å²) in [5.74, 6) is 0.868. The molecule has 1 aromatic heterocycles. The number of nitrogens with one attached hydrogen (secondary N) is 1. The van der Waals surface area contributed by atoms with Crippen LogP contribution in [0.2, 0.25) is 0 Å². The zero-order valence-corrected chi connectivity index (χ0v) is 11.0. The average Bonchev–Trinajstić information content (AvgIpc) is 3.16. The van der Waals surface area contributed by atoms with Crippen LogP contribution in [-0.2, 0) is 6.42 Å². The molecule has 0 atom stereocenters. The van der Waals surface area contributed by atoms with Crippen LogP contribution in [0.25, 0.3) is 17.1 Å². The minimum absolute atomic E-state index is 0.868. The van der Waals surface area contributed by atoms with Gasteiger partial charge in [-0.1, -0.05) is 30.3 Å². The van der Waals surface area contributed by atoms with Crippen LogP contribution >= 0.6 is 0 Å². The summed E-state index contributed by atoms with van der Waals surface area (Å²) in [4.78, 5) is 0. The monoisotopic (exact) mass is 262 g/mol. The minimum atomic E-state index is 0.868. The van der Waals surface area contributed by atoms with Crippen LogP contribution in [0.5, 0.6) is 0 Å². The first-order valence-corrected chi connectivity index (χ1v) is 6.74. The third-order valence-electron chi connectivity index (χ3n) is 3.66. The Bertz CT molecular complexity index is 746. The number of aromatic nitrogens is 3. The molecule has 0 spiro atoms. The van der Waals surface area contributed by atoms with Crippen LogP contribution in [0.1, 0.15) is 5.56 Å². The molecular formula is C16H14N4. The molecule has 4 nitrogen and oxygen atoms in total. The predicted octanol–water partition coefficient (Wildman–Crippen LogP) is 2.90. The molecular weight excluding hydrogens is 248 g/mol. The van der Waals surface area contributed by atoms with E-state index in [9.17, 15) is 0 Å². The Morgan fingerprint density at radius 3 is 2.85 bits per heavy atom. The second-order valence-corrected chi connectivity index (χ2v) is 4.91. The summed E-state index contributed by atoms with van der Waals surface area (Å²) in [5, 5.41) is 11.7. The maximum Gasteiger partial charge on any atom is 0.168 e. The van der Waals surface area contributed by atoms with Gasteiger partial charge in [0.1, 0.15) is 6.33 Å². The summed E-state index contributed by atoms with van der Waals surface area (Å²) in [5.41, 5.74) is 4.74. The van der Waals surface area contributed by atoms with E-state index in [2.05, 4.69) is 45.8 Å². The summed E-state index contributed by atoms with van der Waals surface area (Å²) in [6.45, 7) is 1.02. The lowest BCUT2D eigenvalue weighted by Gasteiger charge is -2.08. The van der Waals surface area contributed by atoms with Crippen molar-refractivity contribution < 1.29 is 0 Å². The highest BCUT2D eigenvalue weighted by molar-refractivity contribution is 5.68. The van der Waals surface area contributed by atoms with Crippen LogP contribution in [0.4, 0.5) is 5.69 Å². The summed E-state index contributed by atoms with van der Waals surface area (Å²) in [6.07, 6.45) is 2.85. The van der Waals surface area contributed by atoms with Gasteiger partial charge in [-0.05, 0) is 30.2 Å². The van der Waals surface area contributed by atoms with Crippen molar-refractivity contribution in [3.63, 3.8) is 0 Å². The second-order valence-electron chi connectivity index (χ2n) is 4.91. The smallest absolute Gasteiger partial charge is 0.168 e. The summed E-state index contributed by atoms with van der Waals surface area (Å²) in [7, 11) is 0. The number of hydrogen-bond donors (Lipinski definition) is 1. The molecule has 1 aliphatic rings. The first-order valence-electron chi connectivity index (χ1n) is 6.74. The molecule has 0 amide bonds. The quantitative estimate of drug-likeness (QED) is 0.772. The van der Waals surface area contributed by atoms with E-state index in [1.54, 1.807) is 6.33 Å². The number of para-hydroxylation sites is 1. The third kappa shape index (κ3) is 1.77. The van der Waals surface area contributed by atoms with Crippen LogP contribution in [-0.4, -0.2) is 21.3 Å². The highest BCUT2D eigenvalue weighted by Gasteiger charge is 2.14. The lowest BCUT2D eigenvalue weighted by atomic mass is 10.1. The molecule has 0 saturated carbocycles. The van der Waals surface area contributed by atoms with Crippen molar-refractivity contribution in [3.05, 3.63) is 60.4 Å². The molecule has 0 aliphatic carbocycles. The molecule has 0 unspecified atom stereocenters. The predicted molar refractivity (Wildman–Crippen MR) is 79.0 cm³/mol. The highest BCUT2D eigenvalue weighted by Crippen LogP contribution is 2.28. The number of hydrogen-bond acceptors (Lipinski definition) is 3. The van der Waals surface area contributed by atoms with Crippen molar-refractivity contribution in [3.8, 4) is 17.1 Å². The molecule has 3 aromatic rings. The normalized spacial score (nSPS) is 13.0. The Kier molecular flexibility index (Phi) is 2.52. The molecule has 1 aliphatic heterocycles. The maximum atomic E-state index is 4.27. The fourth-order valence-electron chi connectivity index (χ4n) is 2.64. The van der Waals surface area contributed by atoms with Gasteiger partial charge in [0, 0.05) is 23.5 Å². The van der Waals surface area contributed by atoms with Crippen molar-refractivity contribution in [1.29, 1.82) is 0 Å². The van der Waals surface area contributed by atoms with Gasteiger partial charge in [-0.2, -0.15) is 0 Å². The fraction of sp³-hybridized carbons (Fsp3) is 0.125. The van der Waals surface area contributed by atoms with Gasteiger partial charge in [0.05, 0.1) is 0 Å². The topological polar surface area (TPSA) is 42.7 Å². The van der Waals surface area contributed by atoms with E-state index >= 15 is 0 Å². The number of rotatable bonds is 2. The van der Waals surface area contributed by atoms with Crippen molar-refractivity contribution in [1.82, 2.24) is 14.8 Å². The molecule has 4 heteroatoms. The number of fused-ring (bicyclic) bond motifs is 1. The van der Waals surface area contributed by atoms with Crippen molar-refractivity contribution in [2.24, 2.45) is 0 Å². The molecule has 20 heavy (non-hydrogen) atoms. The Hall–Kier alpha value is -2.62. The molecule has 0 bridgehead atoms. The number of nitrogens with zero attached hydrogens (tertiary/aromatic N) is 3. The SMILES string of the molecule is c1ccc(-n2cnnc2-c2ccc3c(c2)NCC3)cc1. The van der Waals surface area contributed by atoms with Gasteiger partial charge in [-0.15, -0.1) is 10.2 Å². The molecule has 2 heterocycles. The van der Waals surface area contributed by atoms with Gasteiger partial charge in [0.2, 0.25) is 0 Å². The van der Waals surface area contributed by atoms with Crippen LogP contribution in [0.3, 0.4) is 0 Å². The van der Waals surface area contributed by atoms with E-state index in [1.165, 1.54) is 11.3 Å². The number of benzene rings is 2. The van der Waals surface area contributed by atoms with Crippen molar-refractivity contribution in [2.45, 2.75) is 6.42 Å². The standard InChI is InChI=1S/C16H14N4/c1-2-4-14(5-3-1)20-11-18-19-16(20)13-7-6-12-8-9-17-15(12)10-13/h1-7,10-11,17H,8-9H2. The van der Waals surface area contributed by atoms with E-state index in [0.29, 0.717) is 0 Å². The van der Waals surface area contributed by atoms with Crippen molar-refractivity contribution in [2.75, 3.05) is 11.9 Å². The van der Waals surface area contributed by atoms with Gasteiger partial charge in [-0.25, -0.2) is 0 Å². The first-order chi connectivity index (χ1) is 9.92. The van der Waals surface area contributed by atoms with Gasteiger partial charge < -0.3 is 5.32 Å².